The lowest BCUT2D eigenvalue weighted by molar-refractivity contribution is -0.127. The first-order valence-electron chi connectivity index (χ1n) is 10.8. The Kier molecular flexibility index (Phi) is 7.03. The summed E-state index contributed by atoms with van der Waals surface area (Å²) in [7, 11) is 3.19. The zero-order chi connectivity index (χ0) is 21.6. The third-order valence-corrected chi connectivity index (χ3v) is 5.87. The van der Waals surface area contributed by atoms with Crippen molar-refractivity contribution < 1.29 is 23.5 Å². The molecular formula is C22H30N4O5. The Labute approximate surface area is 182 Å². The Morgan fingerprint density at radius 2 is 2.10 bits per heavy atom. The van der Waals surface area contributed by atoms with Crippen molar-refractivity contribution in [2.45, 2.75) is 38.3 Å². The molecule has 2 atom stereocenters. The molecule has 2 aromatic rings. The van der Waals surface area contributed by atoms with Gasteiger partial charge in [0, 0.05) is 25.3 Å². The number of rotatable bonds is 8. The first-order chi connectivity index (χ1) is 15.2. The summed E-state index contributed by atoms with van der Waals surface area (Å²) in [5.41, 5.74) is 0.790. The summed E-state index contributed by atoms with van der Waals surface area (Å²) in [6, 6.07) is 5.50. The molecule has 9 heteroatoms. The number of aromatic nitrogens is 2. The maximum Gasteiger partial charge on any atom is 0.241 e. The first kappa shape index (κ1) is 21.6. The van der Waals surface area contributed by atoms with Gasteiger partial charge in [-0.2, -0.15) is 4.98 Å². The van der Waals surface area contributed by atoms with Crippen molar-refractivity contribution in [2.24, 2.45) is 5.92 Å². The summed E-state index contributed by atoms with van der Waals surface area (Å²) < 4.78 is 21.7. The molecule has 0 spiro atoms. The zero-order valence-electron chi connectivity index (χ0n) is 18.1. The quantitative estimate of drug-likeness (QED) is 0.681. The van der Waals surface area contributed by atoms with E-state index in [-0.39, 0.29) is 17.9 Å². The van der Waals surface area contributed by atoms with Gasteiger partial charge in [0.2, 0.25) is 17.6 Å². The molecule has 1 N–H and O–H groups in total. The van der Waals surface area contributed by atoms with Crippen LogP contribution in [-0.4, -0.2) is 67.5 Å². The number of methoxy groups -OCH3 is 2. The number of hydrogen-bond donors (Lipinski definition) is 1. The molecule has 0 saturated carbocycles. The molecule has 2 aliphatic heterocycles. The van der Waals surface area contributed by atoms with Crippen molar-refractivity contribution >= 4 is 5.91 Å². The highest BCUT2D eigenvalue weighted by atomic mass is 16.5. The minimum Gasteiger partial charge on any atom is -0.493 e. The highest BCUT2D eigenvalue weighted by Crippen LogP contribution is 2.31. The Hall–Kier alpha value is -2.65. The van der Waals surface area contributed by atoms with E-state index in [0.29, 0.717) is 42.8 Å². The largest absolute Gasteiger partial charge is 0.493 e. The van der Waals surface area contributed by atoms with Crippen LogP contribution < -0.4 is 14.8 Å². The van der Waals surface area contributed by atoms with Crippen molar-refractivity contribution in [1.29, 1.82) is 0 Å². The van der Waals surface area contributed by atoms with Gasteiger partial charge in [-0.1, -0.05) is 5.16 Å². The average Bonchev–Trinajstić information content (AvgIpc) is 3.49. The van der Waals surface area contributed by atoms with Gasteiger partial charge in [-0.3, -0.25) is 9.69 Å². The van der Waals surface area contributed by atoms with E-state index in [1.807, 2.05) is 18.2 Å². The number of ether oxygens (including phenoxy) is 3. The number of carbonyl (C=O) groups excluding carboxylic acids is 1. The van der Waals surface area contributed by atoms with E-state index in [4.69, 9.17) is 18.7 Å². The predicted molar refractivity (Wildman–Crippen MR) is 113 cm³/mol. The molecule has 1 aromatic heterocycles. The number of likely N-dealkylation sites (tertiary alicyclic amines) is 1. The van der Waals surface area contributed by atoms with Crippen molar-refractivity contribution in [2.75, 3.05) is 40.5 Å². The summed E-state index contributed by atoms with van der Waals surface area (Å²) in [5, 5.41) is 7.17. The summed E-state index contributed by atoms with van der Waals surface area (Å²) in [6.07, 6.45) is 4.13. The predicted octanol–water partition coefficient (Wildman–Crippen LogP) is 2.26. The zero-order valence-corrected chi connectivity index (χ0v) is 18.1. The standard InChI is InChI=1S/C22H30N4O5/c1-28-18-8-7-15(11-19(18)29-2)21-24-20(31-25-21)14-26-9-3-5-16(13-26)22(27)23-12-17-6-4-10-30-17/h7-8,11,16-17H,3-6,9-10,12-14H2,1-2H3,(H,23,27). The Balaban J connectivity index is 1.33. The average molecular weight is 431 g/mol. The van der Waals surface area contributed by atoms with Crippen molar-refractivity contribution in [3.05, 3.63) is 24.1 Å². The Morgan fingerprint density at radius 3 is 2.87 bits per heavy atom. The highest BCUT2D eigenvalue weighted by Gasteiger charge is 2.28. The second-order valence-electron chi connectivity index (χ2n) is 8.04. The van der Waals surface area contributed by atoms with Crippen LogP contribution in [0.25, 0.3) is 11.4 Å². The van der Waals surface area contributed by atoms with Gasteiger partial charge >= 0.3 is 0 Å². The molecule has 1 amide bonds. The summed E-state index contributed by atoms with van der Waals surface area (Å²) in [5.74, 6) is 2.37. The molecule has 0 bridgehead atoms. The topological polar surface area (TPSA) is 99.0 Å². The van der Waals surface area contributed by atoms with Gasteiger partial charge in [0.1, 0.15) is 0 Å². The van der Waals surface area contributed by atoms with Crippen LogP contribution in [0.4, 0.5) is 0 Å². The van der Waals surface area contributed by atoms with Crippen LogP contribution in [0, 0.1) is 5.92 Å². The number of amides is 1. The van der Waals surface area contributed by atoms with Crippen molar-refractivity contribution in [1.82, 2.24) is 20.4 Å². The third-order valence-electron chi connectivity index (χ3n) is 5.87. The van der Waals surface area contributed by atoms with E-state index >= 15 is 0 Å². The molecule has 0 aliphatic carbocycles. The highest BCUT2D eigenvalue weighted by molar-refractivity contribution is 5.79. The van der Waals surface area contributed by atoms with Crippen molar-refractivity contribution in [3.63, 3.8) is 0 Å². The minimum atomic E-state index is -0.0246. The van der Waals surface area contributed by atoms with E-state index in [9.17, 15) is 4.79 Å². The smallest absolute Gasteiger partial charge is 0.241 e. The van der Waals surface area contributed by atoms with E-state index in [2.05, 4.69) is 20.4 Å². The molecule has 1 aromatic carbocycles. The fraction of sp³-hybridized carbons (Fsp3) is 0.591. The molecule has 2 saturated heterocycles. The lowest BCUT2D eigenvalue weighted by atomic mass is 9.97. The number of benzene rings is 1. The molecule has 0 radical (unpaired) electrons. The molecular weight excluding hydrogens is 400 g/mol. The fourth-order valence-electron chi connectivity index (χ4n) is 4.18. The molecule has 168 valence electrons. The van der Waals surface area contributed by atoms with Crippen LogP contribution >= 0.6 is 0 Å². The number of carbonyl (C=O) groups is 1. The van der Waals surface area contributed by atoms with Gasteiger partial charge in [-0.25, -0.2) is 0 Å². The van der Waals surface area contributed by atoms with Gasteiger partial charge in [0.05, 0.1) is 32.8 Å². The number of hydrogen-bond acceptors (Lipinski definition) is 8. The monoisotopic (exact) mass is 430 g/mol. The summed E-state index contributed by atoms with van der Waals surface area (Å²) in [6.45, 7) is 3.52. The number of piperidine rings is 1. The van der Waals surface area contributed by atoms with E-state index < -0.39 is 0 Å². The van der Waals surface area contributed by atoms with Gasteiger partial charge in [-0.05, 0) is 50.4 Å². The van der Waals surface area contributed by atoms with E-state index in [1.54, 1.807) is 14.2 Å². The lowest BCUT2D eigenvalue weighted by Gasteiger charge is -2.31. The van der Waals surface area contributed by atoms with Gasteiger partial charge in [0.15, 0.2) is 11.5 Å². The molecule has 2 aliphatic rings. The third kappa shape index (κ3) is 5.34. The SMILES string of the molecule is COc1ccc(-c2noc(CN3CCCC(C(=O)NCC4CCCO4)C3)n2)cc1OC. The second-order valence-corrected chi connectivity index (χ2v) is 8.04. The van der Waals surface area contributed by atoms with Crippen LogP contribution in [0.15, 0.2) is 22.7 Å². The van der Waals surface area contributed by atoms with E-state index in [0.717, 1.165) is 44.4 Å². The van der Waals surface area contributed by atoms with Gasteiger partial charge < -0.3 is 24.1 Å². The van der Waals surface area contributed by atoms with Crippen molar-refractivity contribution in [3.8, 4) is 22.9 Å². The van der Waals surface area contributed by atoms with Gasteiger partial charge in [0.25, 0.3) is 0 Å². The normalized spacial score (nSPS) is 21.7. The van der Waals surface area contributed by atoms with Crippen LogP contribution in [0.1, 0.15) is 31.6 Å². The second kappa shape index (κ2) is 10.1. The molecule has 31 heavy (non-hydrogen) atoms. The summed E-state index contributed by atoms with van der Waals surface area (Å²) >= 11 is 0. The molecule has 4 rings (SSSR count). The Bertz CT molecular complexity index is 881. The van der Waals surface area contributed by atoms with Crippen LogP contribution in [-0.2, 0) is 16.1 Å². The molecule has 3 heterocycles. The van der Waals surface area contributed by atoms with Crippen LogP contribution in [0.5, 0.6) is 11.5 Å². The maximum absolute atomic E-state index is 12.6. The lowest BCUT2D eigenvalue weighted by Crippen LogP contribution is -2.44. The Morgan fingerprint density at radius 1 is 1.23 bits per heavy atom. The van der Waals surface area contributed by atoms with Gasteiger partial charge in [-0.15, -0.1) is 0 Å². The van der Waals surface area contributed by atoms with Crippen LogP contribution in [0.3, 0.4) is 0 Å². The molecule has 9 nitrogen and oxygen atoms in total. The minimum absolute atomic E-state index is 0.0246. The molecule has 2 fully saturated rings. The number of nitrogens with one attached hydrogen (secondary N) is 1. The molecule has 2 unspecified atom stereocenters. The fourth-order valence-corrected chi connectivity index (χ4v) is 4.18. The number of nitrogens with zero attached hydrogens (tertiary/aromatic N) is 3. The first-order valence-corrected chi connectivity index (χ1v) is 10.8. The summed E-state index contributed by atoms with van der Waals surface area (Å²) in [4.78, 5) is 19.3. The maximum atomic E-state index is 12.6. The van der Waals surface area contributed by atoms with E-state index in [1.165, 1.54) is 0 Å². The van der Waals surface area contributed by atoms with Crippen LogP contribution in [0.2, 0.25) is 0 Å².